The fraction of sp³-hybridized carbons (Fsp3) is 1.00. The van der Waals surface area contributed by atoms with Gasteiger partial charge in [0.2, 0.25) is 0 Å². The van der Waals surface area contributed by atoms with Crippen molar-refractivity contribution in [1.29, 1.82) is 0 Å². The smallest absolute Gasteiger partial charge is 0.0468 e. The predicted molar refractivity (Wildman–Crippen MR) is 60.6 cm³/mol. The Kier molecular flexibility index (Phi) is 7.06. The Morgan fingerprint density at radius 1 is 1.14 bits per heavy atom. The van der Waals surface area contributed by atoms with E-state index in [0.29, 0.717) is 0 Å². The van der Waals surface area contributed by atoms with E-state index in [1.54, 1.807) is 0 Å². The van der Waals surface area contributed by atoms with E-state index in [1.165, 1.54) is 51.6 Å². The molecule has 0 aromatic carbocycles. The molecule has 2 heteroatoms. The SMILES string of the molecule is CCCCCNCCC1CCOCC1. The molecule has 0 aromatic rings. The van der Waals surface area contributed by atoms with E-state index in [9.17, 15) is 0 Å². The molecule has 1 aliphatic rings. The lowest BCUT2D eigenvalue weighted by Gasteiger charge is -2.21. The summed E-state index contributed by atoms with van der Waals surface area (Å²) in [4.78, 5) is 0. The van der Waals surface area contributed by atoms with Crippen molar-refractivity contribution in [2.75, 3.05) is 26.3 Å². The first kappa shape index (κ1) is 12.0. The Morgan fingerprint density at radius 2 is 1.93 bits per heavy atom. The van der Waals surface area contributed by atoms with E-state index < -0.39 is 0 Å². The van der Waals surface area contributed by atoms with E-state index in [-0.39, 0.29) is 0 Å². The van der Waals surface area contributed by atoms with Gasteiger partial charge in [-0.2, -0.15) is 0 Å². The third kappa shape index (κ3) is 5.61. The van der Waals surface area contributed by atoms with Crippen LogP contribution in [0.25, 0.3) is 0 Å². The minimum absolute atomic E-state index is 0.919. The number of ether oxygens (including phenoxy) is 1. The summed E-state index contributed by atoms with van der Waals surface area (Å²) in [5.74, 6) is 0.919. The zero-order chi connectivity index (χ0) is 10.1. The van der Waals surface area contributed by atoms with Crippen LogP contribution >= 0.6 is 0 Å². The van der Waals surface area contributed by atoms with Crippen molar-refractivity contribution in [1.82, 2.24) is 5.32 Å². The van der Waals surface area contributed by atoms with E-state index in [1.807, 2.05) is 0 Å². The van der Waals surface area contributed by atoms with E-state index in [2.05, 4.69) is 12.2 Å². The standard InChI is InChI=1S/C12H25NO/c1-2-3-4-8-13-9-5-12-6-10-14-11-7-12/h12-13H,2-11H2,1H3. The molecule has 1 aliphatic heterocycles. The topological polar surface area (TPSA) is 21.3 Å². The van der Waals surface area contributed by atoms with E-state index in [4.69, 9.17) is 4.74 Å². The molecule has 0 unspecified atom stereocenters. The van der Waals surface area contributed by atoms with Crippen LogP contribution in [-0.2, 0) is 4.74 Å². The lowest BCUT2D eigenvalue weighted by atomic mass is 9.97. The monoisotopic (exact) mass is 199 g/mol. The molecule has 0 aromatic heterocycles. The second-order valence-electron chi connectivity index (χ2n) is 4.30. The quantitative estimate of drug-likeness (QED) is 0.636. The van der Waals surface area contributed by atoms with Crippen molar-refractivity contribution in [3.8, 4) is 0 Å². The van der Waals surface area contributed by atoms with Gasteiger partial charge in [-0.25, -0.2) is 0 Å². The van der Waals surface area contributed by atoms with Crippen LogP contribution in [0.2, 0.25) is 0 Å². The molecule has 0 atom stereocenters. The molecule has 1 saturated heterocycles. The van der Waals surface area contributed by atoms with Gasteiger partial charge >= 0.3 is 0 Å². The second-order valence-corrected chi connectivity index (χ2v) is 4.30. The molecule has 0 spiro atoms. The number of unbranched alkanes of at least 4 members (excludes halogenated alkanes) is 2. The van der Waals surface area contributed by atoms with Crippen molar-refractivity contribution < 1.29 is 4.74 Å². The van der Waals surface area contributed by atoms with Crippen LogP contribution in [0.1, 0.15) is 45.4 Å². The highest BCUT2D eigenvalue weighted by Crippen LogP contribution is 2.17. The van der Waals surface area contributed by atoms with Crippen LogP contribution in [-0.4, -0.2) is 26.3 Å². The zero-order valence-electron chi connectivity index (χ0n) is 9.56. The first-order chi connectivity index (χ1) is 6.93. The molecule has 84 valence electrons. The summed E-state index contributed by atoms with van der Waals surface area (Å²) < 4.78 is 5.34. The van der Waals surface area contributed by atoms with Crippen molar-refractivity contribution in [2.45, 2.75) is 45.4 Å². The molecule has 0 radical (unpaired) electrons. The highest BCUT2D eigenvalue weighted by molar-refractivity contribution is 4.64. The van der Waals surface area contributed by atoms with Crippen LogP contribution in [0, 0.1) is 5.92 Å². The van der Waals surface area contributed by atoms with Gasteiger partial charge in [0, 0.05) is 13.2 Å². The second kappa shape index (κ2) is 8.25. The Hall–Kier alpha value is -0.0800. The number of hydrogen-bond acceptors (Lipinski definition) is 2. The normalized spacial score (nSPS) is 18.6. The highest BCUT2D eigenvalue weighted by atomic mass is 16.5. The molecule has 1 rings (SSSR count). The molecular weight excluding hydrogens is 174 g/mol. The summed E-state index contributed by atoms with van der Waals surface area (Å²) in [5, 5.41) is 3.53. The van der Waals surface area contributed by atoms with Crippen LogP contribution < -0.4 is 5.32 Å². The largest absolute Gasteiger partial charge is 0.381 e. The van der Waals surface area contributed by atoms with Crippen molar-refractivity contribution in [3.63, 3.8) is 0 Å². The molecule has 0 amide bonds. The predicted octanol–water partition coefficient (Wildman–Crippen LogP) is 2.58. The average Bonchev–Trinajstić information content (AvgIpc) is 2.25. The highest BCUT2D eigenvalue weighted by Gasteiger charge is 2.12. The molecule has 1 heterocycles. The van der Waals surface area contributed by atoms with E-state index in [0.717, 1.165) is 19.1 Å². The minimum atomic E-state index is 0.919. The number of rotatable bonds is 7. The van der Waals surface area contributed by atoms with Gasteiger partial charge in [-0.15, -0.1) is 0 Å². The lowest BCUT2D eigenvalue weighted by molar-refractivity contribution is 0.0640. The third-order valence-corrected chi connectivity index (χ3v) is 3.03. The maximum Gasteiger partial charge on any atom is 0.0468 e. The first-order valence-corrected chi connectivity index (χ1v) is 6.22. The lowest BCUT2D eigenvalue weighted by Crippen LogP contribution is -2.23. The van der Waals surface area contributed by atoms with Gasteiger partial charge in [-0.05, 0) is 44.7 Å². The van der Waals surface area contributed by atoms with Gasteiger partial charge in [0.1, 0.15) is 0 Å². The number of nitrogens with one attached hydrogen (secondary N) is 1. The molecule has 0 saturated carbocycles. The number of hydrogen-bond donors (Lipinski definition) is 1. The average molecular weight is 199 g/mol. The first-order valence-electron chi connectivity index (χ1n) is 6.22. The van der Waals surface area contributed by atoms with Crippen LogP contribution in [0.3, 0.4) is 0 Å². The maximum absolute atomic E-state index is 5.34. The van der Waals surface area contributed by atoms with Crippen molar-refractivity contribution in [3.05, 3.63) is 0 Å². The zero-order valence-corrected chi connectivity index (χ0v) is 9.56. The third-order valence-electron chi connectivity index (χ3n) is 3.03. The van der Waals surface area contributed by atoms with Crippen LogP contribution in [0.5, 0.6) is 0 Å². The molecule has 0 aliphatic carbocycles. The fourth-order valence-corrected chi connectivity index (χ4v) is 1.97. The molecule has 2 nitrogen and oxygen atoms in total. The summed E-state index contributed by atoms with van der Waals surface area (Å²) >= 11 is 0. The summed E-state index contributed by atoms with van der Waals surface area (Å²) in [6, 6.07) is 0. The van der Waals surface area contributed by atoms with Crippen molar-refractivity contribution >= 4 is 0 Å². The molecule has 1 N–H and O–H groups in total. The molecule has 0 bridgehead atoms. The van der Waals surface area contributed by atoms with Gasteiger partial charge < -0.3 is 10.1 Å². The Balaban J connectivity index is 1.82. The minimum Gasteiger partial charge on any atom is -0.381 e. The fourth-order valence-electron chi connectivity index (χ4n) is 1.97. The van der Waals surface area contributed by atoms with Crippen molar-refractivity contribution in [2.24, 2.45) is 5.92 Å². The maximum atomic E-state index is 5.34. The summed E-state index contributed by atoms with van der Waals surface area (Å²) in [7, 11) is 0. The van der Waals surface area contributed by atoms with Gasteiger partial charge in [0.25, 0.3) is 0 Å². The van der Waals surface area contributed by atoms with Crippen LogP contribution in [0.4, 0.5) is 0 Å². The Bertz CT molecular complexity index is 121. The van der Waals surface area contributed by atoms with E-state index >= 15 is 0 Å². The summed E-state index contributed by atoms with van der Waals surface area (Å²) in [6.45, 7) is 6.63. The van der Waals surface area contributed by atoms with Gasteiger partial charge in [0.15, 0.2) is 0 Å². The summed E-state index contributed by atoms with van der Waals surface area (Å²) in [6.07, 6.45) is 7.92. The Labute approximate surface area is 88.4 Å². The molecule has 14 heavy (non-hydrogen) atoms. The molecule has 1 fully saturated rings. The summed E-state index contributed by atoms with van der Waals surface area (Å²) in [5.41, 5.74) is 0. The van der Waals surface area contributed by atoms with Crippen LogP contribution in [0.15, 0.2) is 0 Å². The van der Waals surface area contributed by atoms with Gasteiger partial charge in [-0.1, -0.05) is 19.8 Å². The van der Waals surface area contributed by atoms with Gasteiger partial charge in [0.05, 0.1) is 0 Å². The van der Waals surface area contributed by atoms with Gasteiger partial charge in [-0.3, -0.25) is 0 Å². The Morgan fingerprint density at radius 3 is 2.64 bits per heavy atom. The molecular formula is C12H25NO.